The Labute approximate surface area is 116 Å². The van der Waals surface area contributed by atoms with Crippen molar-refractivity contribution in [2.24, 2.45) is 0 Å². The van der Waals surface area contributed by atoms with Gasteiger partial charge in [0.1, 0.15) is 5.69 Å². The van der Waals surface area contributed by atoms with E-state index in [-0.39, 0.29) is 11.9 Å². The van der Waals surface area contributed by atoms with Crippen molar-refractivity contribution in [1.82, 2.24) is 20.5 Å². The Morgan fingerprint density at radius 1 is 1.50 bits per heavy atom. The van der Waals surface area contributed by atoms with E-state index in [1.165, 1.54) is 0 Å². The number of aromatic amines is 1. The Bertz CT molecular complexity index is 576. The molecule has 1 aliphatic heterocycles. The Balaban J connectivity index is 1.68. The van der Waals surface area contributed by atoms with E-state index in [4.69, 9.17) is 4.74 Å². The lowest BCUT2D eigenvalue weighted by atomic mass is 10.1. The maximum Gasteiger partial charge on any atom is 0.269 e. The normalized spacial score (nSPS) is 18.7. The van der Waals surface area contributed by atoms with Crippen molar-refractivity contribution in [1.29, 1.82) is 0 Å². The maximum atomic E-state index is 12.1. The number of ether oxygens (including phenoxy) is 1. The number of amides is 1. The van der Waals surface area contributed by atoms with Crippen molar-refractivity contribution in [3.8, 4) is 11.3 Å². The SMILES string of the molecule is O=C(NC1CCCOC1)c1cc(-c2cccnc2)n[nH]1. The maximum absolute atomic E-state index is 12.1. The zero-order valence-electron chi connectivity index (χ0n) is 11.0. The third kappa shape index (κ3) is 2.85. The van der Waals surface area contributed by atoms with Crippen LogP contribution in [0.1, 0.15) is 23.3 Å². The predicted molar refractivity (Wildman–Crippen MR) is 73.1 cm³/mol. The van der Waals surface area contributed by atoms with Gasteiger partial charge in [-0.3, -0.25) is 14.9 Å². The minimum atomic E-state index is -0.150. The summed E-state index contributed by atoms with van der Waals surface area (Å²) in [6, 6.07) is 5.56. The molecule has 1 unspecified atom stereocenters. The van der Waals surface area contributed by atoms with Crippen LogP contribution in [0.25, 0.3) is 11.3 Å². The summed E-state index contributed by atoms with van der Waals surface area (Å²) in [6.45, 7) is 1.36. The highest BCUT2D eigenvalue weighted by Gasteiger charge is 2.18. The molecule has 2 aromatic rings. The number of hydrogen-bond acceptors (Lipinski definition) is 4. The zero-order chi connectivity index (χ0) is 13.8. The quantitative estimate of drug-likeness (QED) is 0.884. The molecular weight excluding hydrogens is 256 g/mol. The Morgan fingerprint density at radius 3 is 3.20 bits per heavy atom. The lowest BCUT2D eigenvalue weighted by molar-refractivity contribution is 0.0622. The average Bonchev–Trinajstić information content (AvgIpc) is 2.99. The largest absolute Gasteiger partial charge is 0.379 e. The molecule has 2 aromatic heterocycles. The summed E-state index contributed by atoms with van der Waals surface area (Å²) in [7, 11) is 0. The summed E-state index contributed by atoms with van der Waals surface area (Å²) in [5.74, 6) is -0.150. The van der Waals surface area contributed by atoms with Crippen LogP contribution < -0.4 is 5.32 Å². The van der Waals surface area contributed by atoms with Gasteiger partial charge < -0.3 is 10.1 Å². The number of carbonyl (C=O) groups is 1. The van der Waals surface area contributed by atoms with Crippen molar-refractivity contribution in [2.45, 2.75) is 18.9 Å². The van der Waals surface area contributed by atoms with Crippen molar-refractivity contribution >= 4 is 5.91 Å². The molecule has 1 aliphatic rings. The van der Waals surface area contributed by atoms with E-state index in [0.717, 1.165) is 25.0 Å². The van der Waals surface area contributed by atoms with E-state index in [1.807, 2.05) is 12.1 Å². The highest BCUT2D eigenvalue weighted by Crippen LogP contribution is 2.16. The summed E-state index contributed by atoms with van der Waals surface area (Å²) in [4.78, 5) is 16.1. The molecule has 6 heteroatoms. The third-order valence-corrected chi connectivity index (χ3v) is 3.28. The summed E-state index contributed by atoms with van der Waals surface area (Å²) >= 11 is 0. The molecule has 0 spiro atoms. The minimum absolute atomic E-state index is 0.0846. The molecule has 1 amide bonds. The van der Waals surface area contributed by atoms with Gasteiger partial charge in [-0.25, -0.2) is 0 Å². The number of aromatic nitrogens is 3. The van der Waals surface area contributed by atoms with Crippen LogP contribution in [0.3, 0.4) is 0 Å². The molecule has 1 atom stereocenters. The molecule has 0 bridgehead atoms. The van der Waals surface area contributed by atoms with Crippen LogP contribution >= 0.6 is 0 Å². The molecule has 1 saturated heterocycles. The second kappa shape index (κ2) is 5.83. The first-order valence-corrected chi connectivity index (χ1v) is 6.67. The van der Waals surface area contributed by atoms with Crippen LogP contribution in [0.2, 0.25) is 0 Å². The summed E-state index contributed by atoms with van der Waals surface area (Å²) in [6.07, 6.45) is 5.35. The number of H-pyrrole nitrogens is 1. The summed E-state index contributed by atoms with van der Waals surface area (Å²) < 4.78 is 5.34. The van der Waals surface area contributed by atoms with Crippen LogP contribution in [-0.2, 0) is 4.74 Å². The van der Waals surface area contributed by atoms with Gasteiger partial charge in [0.25, 0.3) is 5.91 Å². The number of hydrogen-bond donors (Lipinski definition) is 2. The number of carbonyl (C=O) groups excluding carboxylic acids is 1. The lowest BCUT2D eigenvalue weighted by Crippen LogP contribution is -2.40. The van der Waals surface area contributed by atoms with Gasteiger partial charge in [0.15, 0.2) is 0 Å². The Morgan fingerprint density at radius 2 is 2.45 bits per heavy atom. The van der Waals surface area contributed by atoms with E-state index in [9.17, 15) is 4.79 Å². The second-order valence-corrected chi connectivity index (χ2v) is 4.80. The summed E-state index contributed by atoms with van der Waals surface area (Å²) in [5.41, 5.74) is 2.04. The fraction of sp³-hybridized carbons (Fsp3) is 0.357. The molecule has 6 nitrogen and oxygen atoms in total. The number of nitrogens with zero attached hydrogens (tertiary/aromatic N) is 2. The van der Waals surface area contributed by atoms with Crippen molar-refractivity contribution < 1.29 is 9.53 Å². The summed E-state index contributed by atoms with van der Waals surface area (Å²) in [5, 5.41) is 9.86. The van der Waals surface area contributed by atoms with Crippen molar-refractivity contribution in [3.63, 3.8) is 0 Å². The zero-order valence-corrected chi connectivity index (χ0v) is 11.0. The first-order chi connectivity index (χ1) is 9.83. The molecule has 0 aromatic carbocycles. The molecule has 0 radical (unpaired) electrons. The average molecular weight is 272 g/mol. The van der Waals surface area contributed by atoms with E-state index < -0.39 is 0 Å². The Hall–Kier alpha value is -2.21. The topological polar surface area (TPSA) is 79.9 Å². The van der Waals surface area contributed by atoms with Crippen LogP contribution in [0.5, 0.6) is 0 Å². The van der Waals surface area contributed by atoms with E-state index in [0.29, 0.717) is 18.0 Å². The van der Waals surface area contributed by atoms with Crippen LogP contribution in [0.15, 0.2) is 30.6 Å². The second-order valence-electron chi connectivity index (χ2n) is 4.80. The van der Waals surface area contributed by atoms with Crippen molar-refractivity contribution in [2.75, 3.05) is 13.2 Å². The monoisotopic (exact) mass is 272 g/mol. The molecule has 1 fully saturated rings. The highest BCUT2D eigenvalue weighted by atomic mass is 16.5. The van der Waals surface area contributed by atoms with Gasteiger partial charge in [0, 0.05) is 24.6 Å². The van der Waals surface area contributed by atoms with E-state index >= 15 is 0 Å². The molecule has 3 heterocycles. The lowest BCUT2D eigenvalue weighted by Gasteiger charge is -2.22. The van der Waals surface area contributed by atoms with Crippen LogP contribution in [0, 0.1) is 0 Å². The fourth-order valence-corrected chi connectivity index (χ4v) is 2.22. The van der Waals surface area contributed by atoms with Gasteiger partial charge in [-0.05, 0) is 31.0 Å². The van der Waals surface area contributed by atoms with Gasteiger partial charge in [-0.1, -0.05) is 0 Å². The van der Waals surface area contributed by atoms with E-state index in [2.05, 4.69) is 20.5 Å². The fourth-order valence-electron chi connectivity index (χ4n) is 2.22. The standard InChI is InChI=1S/C14H16N4O2/c19-14(16-11-4-2-6-20-9-11)13-7-12(17-18-13)10-3-1-5-15-8-10/h1,3,5,7-8,11H,2,4,6,9H2,(H,16,19)(H,17,18). The highest BCUT2D eigenvalue weighted by molar-refractivity contribution is 5.93. The van der Waals surface area contributed by atoms with Crippen molar-refractivity contribution in [3.05, 3.63) is 36.3 Å². The molecule has 0 saturated carbocycles. The van der Waals surface area contributed by atoms with Gasteiger partial charge in [-0.15, -0.1) is 0 Å². The molecule has 20 heavy (non-hydrogen) atoms. The van der Waals surface area contributed by atoms with Gasteiger partial charge in [0.2, 0.25) is 0 Å². The smallest absolute Gasteiger partial charge is 0.269 e. The molecular formula is C14H16N4O2. The number of rotatable bonds is 3. The van der Waals surface area contributed by atoms with Crippen LogP contribution in [-0.4, -0.2) is 40.3 Å². The Kier molecular flexibility index (Phi) is 3.73. The minimum Gasteiger partial charge on any atom is -0.379 e. The van der Waals surface area contributed by atoms with Gasteiger partial charge in [-0.2, -0.15) is 5.10 Å². The first-order valence-electron chi connectivity index (χ1n) is 6.67. The molecule has 104 valence electrons. The van der Waals surface area contributed by atoms with Gasteiger partial charge in [0.05, 0.1) is 18.3 Å². The third-order valence-electron chi connectivity index (χ3n) is 3.28. The number of pyridine rings is 1. The van der Waals surface area contributed by atoms with Crippen LogP contribution in [0.4, 0.5) is 0 Å². The number of nitrogens with one attached hydrogen (secondary N) is 2. The van der Waals surface area contributed by atoms with E-state index in [1.54, 1.807) is 18.5 Å². The predicted octanol–water partition coefficient (Wildman–Crippen LogP) is 1.38. The first kappa shape index (κ1) is 12.8. The van der Waals surface area contributed by atoms with Gasteiger partial charge >= 0.3 is 0 Å². The molecule has 3 rings (SSSR count). The molecule has 2 N–H and O–H groups in total. The molecule has 0 aliphatic carbocycles.